The summed E-state index contributed by atoms with van der Waals surface area (Å²) in [5.74, 6) is -0.512. The quantitative estimate of drug-likeness (QED) is 0.0931. The number of carbonyl (C=O) groups excluding carboxylic acids is 1. The van der Waals surface area contributed by atoms with Gasteiger partial charge in [-0.3, -0.25) is 4.52 Å². The Bertz CT molecular complexity index is 486. The van der Waals surface area contributed by atoms with Crippen LogP contribution in [0.25, 0.3) is 0 Å². The third-order valence-electron chi connectivity index (χ3n) is 5.40. The number of hydrogen-bond donors (Lipinski definition) is 2. The van der Waals surface area contributed by atoms with Crippen molar-refractivity contribution in [3.05, 3.63) is 12.2 Å². The summed E-state index contributed by atoms with van der Waals surface area (Å²) in [7, 11) is -4.63. The summed E-state index contributed by atoms with van der Waals surface area (Å²) in [4.78, 5) is 30.3. The standard InChI is InChI=1S/C23H45O6P/c1-5-7-9-11-13-15-17-21(18-16-14-12-10-8-6-2)22(19-28-30(25,26)27)29-23(24)20(3)4/h21-22H,3,5-19H2,1-2,4H3,(H2,25,26,27). The molecule has 0 aromatic carbocycles. The van der Waals surface area contributed by atoms with Crippen molar-refractivity contribution in [1.29, 1.82) is 0 Å². The molecule has 0 aromatic heterocycles. The molecule has 0 fully saturated rings. The third-order valence-corrected chi connectivity index (χ3v) is 5.88. The van der Waals surface area contributed by atoms with E-state index in [1.54, 1.807) is 6.92 Å². The van der Waals surface area contributed by atoms with E-state index >= 15 is 0 Å². The van der Waals surface area contributed by atoms with Gasteiger partial charge in [0.25, 0.3) is 0 Å². The molecule has 0 saturated heterocycles. The molecule has 2 N–H and O–H groups in total. The van der Waals surface area contributed by atoms with Crippen molar-refractivity contribution in [2.24, 2.45) is 5.92 Å². The van der Waals surface area contributed by atoms with Gasteiger partial charge in [-0.25, -0.2) is 9.36 Å². The lowest BCUT2D eigenvalue weighted by atomic mass is 9.89. The highest BCUT2D eigenvalue weighted by molar-refractivity contribution is 7.46. The summed E-state index contributed by atoms with van der Waals surface area (Å²) in [5.41, 5.74) is 0.272. The van der Waals surface area contributed by atoms with Gasteiger partial charge in [-0.2, -0.15) is 0 Å². The van der Waals surface area contributed by atoms with E-state index in [9.17, 15) is 9.36 Å². The van der Waals surface area contributed by atoms with E-state index in [0.717, 1.165) is 38.5 Å². The van der Waals surface area contributed by atoms with Crippen LogP contribution in [0.4, 0.5) is 0 Å². The molecule has 0 aromatic rings. The van der Waals surface area contributed by atoms with Gasteiger partial charge in [0.2, 0.25) is 0 Å². The van der Waals surface area contributed by atoms with Crippen molar-refractivity contribution >= 4 is 13.8 Å². The Morgan fingerprint density at radius 2 is 1.30 bits per heavy atom. The Morgan fingerprint density at radius 3 is 1.70 bits per heavy atom. The molecule has 0 aliphatic carbocycles. The maximum atomic E-state index is 12.1. The Hall–Kier alpha value is -0.680. The molecule has 0 spiro atoms. The van der Waals surface area contributed by atoms with Crippen LogP contribution in [0.5, 0.6) is 0 Å². The zero-order valence-electron chi connectivity index (χ0n) is 19.4. The fraction of sp³-hybridized carbons (Fsp3) is 0.870. The molecule has 0 bridgehead atoms. The number of hydrogen-bond acceptors (Lipinski definition) is 4. The lowest BCUT2D eigenvalue weighted by molar-refractivity contribution is -0.149. The van der Waals surface area contributed by atoms with E-state index < -0.39 is 19.9 Å². The highest BCUT2D eigenvalue weighted by Gasteiger charge is 2.28. The van der Waals surface area contributed by atoms with Gasteiger partial charge >= 0.3 is 13.8 Å². The normalized spacial score (nSPS) is 12.9. The fourth-order valence-corrected chi connectivity index (χ4v) is 3.91. The van der Waals surface area contributed by atoms with E-state index in [1.165, 1.54) is 51.4 Å². The average molecular weight is 449 g/mol. The summed E-state index contributed by atoms with van der Waals surface area (Å²) in [6.45, 7) is 9.28. The highest BCUT2D eigenvalue weighted by atomic mass is 31.2. The molecule has 0 radical (unpaired) electrons. The second kappa shape index (κ2) is 17.9. The first-order valence-corrected chi connectivity index (χ1v) is 13.3. The van der Waals surface area contributed by atoms with Gasteiger partial charge in [0.1, 0.15) is 6.10 Å². The first-order valence-electron chi connectivity index (χ1n) is 11.8. The Kier molecular flexibility index (Phi) is 17.5. The van der Waals surface area contributed by atoms with Crippen LogP contribution >= 0.6 is 7.82 Å². The molecule has 0 saturated carbocycles. The van der Waals surface area contributed by atoms with Gasteiger partial charge in [0.05, 0.1) is 6.61 Å². The highest BCUT2D eigenvalue weighted by Crippen LogP contribution is 2.37. The van der Waals surface area contributed by atoms with Crippen LogP contribution < -0.4 is 0 Å². The van der Waals surface area contributed by atoms with Gasteiger partial charge in [0.15, 0.2) is 0 Å². The second-order valence-electron chi connectivity index (χ2n) is 8.38. The summed E-state index contributed by atoms with van der Waals surface area (Å²) < 4.78 is 21.5. The lowest BCUT2D eigenvalue weighted by Crippen LogP contribution is -2.31. The van der Waals surface area contributed by atoms with Crippen LogP contribution in [0.1, 0.15) is 111 Å². The summed E-state index contributed by atoms with van der Waals surface area (Å²) in [6, 6.07) is 0. The zero-order chi connectivity index (χ0) is 22.8. The molecule has 30 heavy (non-hydrogen) atoms. The van der Waals surface area contributed by atoms with Crippen LogP contribution in [0.2, 0.25) is 0 Å². The minimum atomic E-state index is -4.63. The van der Waals surface area contributed by atoms with Crippen LogP contribution in [-0.2, 0) is 18.6 Å². The lowest BCUT2D eigenvalue weighted by Gasteiger charge is -2.27. The number of unbranched alkanes of at least 4 members (excludes halogenated alkanes) is 10. The van der Waals surface area contributed by atoms with Crippen molar-refractivity contribution in [2.45, 2.75) is 117 Å². The maximum absolute atomic E-state index is 12.1. The average Bonchev–Trinajstić information content (AvgIpc) is 2.68. The third kappa shape index (κ3) is 17.0. The fourth-order valence-electron chi connectivity index (χ4n) is 3.56. The first kappa shape index (κ1) is 29.3. The Balaban J connectivity index is 4.91. The smallest absolute Gasteiger partial charge is 0.456 e. The van der Waals surface area contributed by atoms with Crippen LogP contribution in [0.3, 0.4) is 0 Å². The van der Waals surface area contributed by atoms with Gasteiger partial charge in [0, 0.05) is 5.57 Å². The molecule has 6 nitrogen and oxygen atoms in total. The number of ether oxygens (including phenoxy) is 1. The van der Waals surface area contributed by atoms with Crippen LogP contribution in [0.15, 0.2) is 12.2 Å². The van der Waals surface area contributed by atoms with E-state index in [0.29, 0.717) is 0 Å². The summed E-state index contributed by atoms with van der Waals surface area (Å²) in [6.07, 6.45) is 15.1. The molecule has 1 unspecified atom stereocenters. The predicted octanol–water partition coefficient (Wildman–Crippen LogP) is 6.70. The summed E-state index contributed by atoms with van der Waals surface area (Å²) >= 11 is 0. The Labute approximate surface area is 184 Å². The van der Waals surface area contributed by atoms with Crippen molar-refractivity contribution in [1.82, 2.24) is 0 Å². The molecule has 0 aliphatic heterocycles. The number of esters is 1. The first-order chi connectivity index (χ1) is 14.2. The second-order valence-corrected chi connectivity index (χ2v) is 9.62. The van der Waals surface area contributed by atoms with Gasteiger partial charge in [-0.15, -0.1) is 0 Å². The molecule has 1 atom stereocenters. The van der Waals surface area contributed by atoms with Crippen molar-refractivity contribution < 1.29 is 28.4 Å². The van der Waals surface area contributed by atoms with Gasteiger partial charge in [-0.1, -0.05) is 97.5 Å². The molecule has 0 aliphatic rings. The number of phosphoric ester groups is 1. The zero-order valence-corrected chi connectivity index (χ0v) is 20.3. The molecule has 0 rings (SSSR count). The van der Waals surface area contributed by atoms with E-state index in [4.69, 9.17) is 19.0 Å². The number of rotatable bonds is 20. The minimum Gasteiger partial charge on any atom is -0.456 e. The predicted molar refractivity (Wildman–Crippen MR) is 122 cm³/mol. The largest absolute Gasteiger partial charge is 0.469 e. The van der Waals surface area contributed by atoms with Crippen molar-refractivity contribution in [2.75, 3.05) is 6.61 Å². The minimum absolute atomic E-state index is 0.0252. The SMILES string of the molecule is C=C(C)C(=O)OC(COP(=O)(O)O)C(CCCCCCCC)CCCCCCCC. The van der Waals surface area contributed by atoms with Crippen molar-refractivity contribution in [3.8, 4) is 0 Å². The topological polar surface area (TPSA) is 93.1 Å². The van der Waals surface area contributed by atoms with Gasteiger partial charge < -0.3 is 14.5 Å². The monoisotopic (exact) mass is 448 g/mol. The molecule has 0 amide bonds. The van der Waals surface area contributed by atoms with E-state index in [1.807, 2.05) is 0 Å². The number of phosphoric acid groups is 1. The molecule has 178 valence electrons. The number of carbonyl (C=O) groups is 1. The van der Waals surface area contributed by atoms with Crippen molar-refractivity contribution in [3.63, 3.8) is 0 Å². The van der Waals surface area contributed by atoms with Crippen LogP contribution in [-0.4, -0.2) is 28.5 Å². The Morgan fingerprint density at radius 1 is 0.867 bits per heavy atom. The molecular formula is C23H45O6P. The van der Waals surface area contributed by atoms with E-state index in [-0.39, 0.29) is 18.1 Å². The molecular weight excluding hydrogens is 403 g/mol. The van der Waals surface area contributed by atoms with Gasteiger partial charge in [-0.05, 0) is 25.7 Å². The molecule has 0 heterocycles. The van der Waals surface area contributed by atoms with E-state index in [2.05, 4.69) is 20.4 Å². The van der Waals surface area contributed by atoms with Crippen LogP contribution in [0, 0.1) is 5.92 Å². The molecule has 7 heteroatoms. The maximum Gasteiger partial charge on any atom is 0.469 e. The summed E-state index contributed by atoms with van der Waals surface area (Å²) in [5, 5.41) is 0.